The lowest BCUT2D eigenvalue weighted by Crippen LogP contribution is -2.30. The minimum atomic E-state index is -0.854. The molecule has 0 radical (unpaired) electrons. The highest BCUT2D eigenvalue weighted by molar-refractivity contribution is 9.10. The lowest BCUT2D eigenvalue weighted by Gasteiger charge is -2.17. The summed E-state index contributed by atoms with van der Waals surface area (Å²) in [7, 11) is 1.79. The Morgan fingerprint density at radius 3 is 2.43 bits per heavy atom. The van der Waals surface area contributed by atoms with Gasteiger partial charge in [-0.3, -0.25) is 0 Å². The van der Waals surface area contributed by atoms with Crippen LogP contribution in [0.1, 0.15) is 11.1 Å². The van der Waals surface area contributed by atoms with Gasteiger partial charge in [-0.2, -0.15) is 0 Å². The van der Waals surface area contributed by atoms with Crippen molar-refractivity contribution < 1.29 is 13.2 Å². The molecule has 112 valence electrons. The average Bonchev–Trinajstić information content (AvgIpc) is 2.46. The zero-order valence-electron chi connectivity index (χ0n) is 11.5. The maximum absolute atomic E-state index is 13.3. The van der Waals surface area contributed by atoms with Crippen molar-refractivity contribution in [3.05, 3.63) is 69.4 Å². The Bertz CT molecular complexity index is 631. The van der Waals surface area contributed by atoms with Crippen molar-refractivity contribution in [2.24, 2.45) is 0 Å². The fourth-order valence-electron chi connectivity index (χ4n) is 2.19. The van der Waals surface area contributed by atoms with E-state index in [-0.39, 0.29) is 11.9 Å². The fourth-order valence-corrected chi connectivity index (χ4v) is 2.60. The monoisotopic (exact) mass is 357 g/mol. The molecule has 5 heteroatoms. The molecule has 0 amide bonds. The predicted octanol–water partition coefficient (Wildman–Crippen LogP) is 4.24. The Hall–Kier alpha value is -1.33. The summed E-state index contributed by atoms with van der Waals surface area (Å²) in [4.78, 5) is 0. The summed E-state index contributed by atoms with van der Waals surface area (Å²) in [6.07, 6.45) is 1.10. The molecule has 2 aromatic rings. The summed E-state index contributed by atoms with van der Waals surface area (Å²) < 4.78 is 40.3. The molecule has 0 aromatic heterocycles. The second-order valence-electron chi connectivity index (χ2n) is 4.88. The third-order valence-corrected chi connectivity index (χ3v) is 4.12. The molecule has 1 unspecified atom stereocenters. The highest BCUT2D eigenvalue weighted by Crippen LogP contribution is 2.20. The summed E-state index contributed by atoms with van der Waals surface area (Å²) in [5.74, 6) is -2.00. The highest BCUT2D eigenvalue weighted by atomic mass is 79.9. The van der Waals surface area contributed by atoms with E-state index in [1.54, 1.807) is 19.2 Å². The number of benzene rings is 2. The summed E-state index contributed by atoms with van der Waals surface area (Å²) in [6.45, 7) is 0. The lowest BCUT2D eigenvalue weighted by atomic mass is 9.99. The molecule has 0 saturated heterocycles. The minimum Gasteiger partial charge on any atom is -0.316 e. The van der Waals surface area contributed by atoms with E-state index in [2.05, 4.69) is 21.2 Å². The Kier molecular flexibility index (Phi) is 5.42. The summed E-state index contributed by atoms with van der Waals surface area (Å²) in [6, 6.07) is 8.39. The smallest absolute Gasteiger partial charge is 0.159 e. The zero-order chi connectivity index (χ0) is 15.4. The van der Waals surface area contributed by atoms with Crippen molar-refractivity contribution in [2.45, 2.75) is 18.9 Å². The molecule has 1 N–H and O–H groups in total. The van der Waals surface area contributed by atoms with Gasteiger partial charge in [0, 0.05) is 10.5 Å². The molecule has 0 fully saturated rings. The summed E-state index contributed by atoms with van der Waals surface area (Å²) in [5, 5.41) is 3.12. The molecule has 0 aliphatic rings. The van der Waals surface area contributed by atoms with Gasteiger partial charge in [-0.15, -0.1) is 0 Å². The van der Waals surface area contributed by atoms with Crippen LogP contribution in [0.5, 0.6) is 0 Å². The SMILES string of the molecule is CNC(Cc1ccc(F)c(F)c1)Cc1cc(F)ccc1Br. The van der Waals surface area contributed by atoms with Crippen molar-refractivity contribution in [3.8, 4) is 0 Å². The van der Waals surface area contributed by atoms with Crippen LogP contribution < -0.4 is 5.32 Å². The molecular weight excluding hydrogens is 343 g/mol. The van der Waals surface area contributed by atoms with Gasteiger partial charge < -0.3 is 5.32 Å². The van der Waals surface area contributed by atoms with Crippen molar-refractivity contribution >= 4 is 15.9 Å². The fraction of sp³-hybridized carbons (Fsp3) is 0.250. The largest absolute Gasteiger partial charge is 0.316 e. The van der Waals surface area contributed by atoms with Crippen LogP contribution in [0.2, 0.25) is 0 Å². The number of nitrogens with one attached hydrogen (secondary N) is 1. The van der Waals surface area contributed by atoms with Gasteiger partial charge in [0.15, 0.2) is 11.6 Å². The van der Waals surface area contributed by atoms with Gasteiger partial charge in [0.2, 0.25) is 0 Å². The van der Waals surface area contributed by atoms with Crippen LogP contribution in [0.25, 0.3) is 0 Å². The summed E-state index contributed by atoms with van der Waals surface area (Å²) >= 11 is 3.39. The van der Waals surface area contributed by atoms with Gasteiger partial charge in [0.05, 0.1) is 0 Å². The van der Waals surface area contributed by atoms with Gasteiger partial charge >= 0.3 is 0 Å². The molecule has 0 spiro atoms. The second kappa shape index (κ2) is 7.09. The Labute approximate surface area is 130 Å². The van der Waals surface area contributed by atoms with E-state index in [1.807, 2.05) is 0 Å². The molecule has 21 heavy (non-hydrogen) atoms. The van der Waals surface area contributed by atoms with Gasteiger partial charge in [-0.05, 0) is 61.3 Å². The van der Waals surface area contributed by atoms with Crippen LogP contribution in [0, 0.1) is 17.5 Å². The number of hydrogen-bond donors (Lipinski definition) is 1. The normalized spacial score (nSPS) is 12.4. The summed E-state index contributed by atoms with van der Waals surface area (Å²) in [5.41, 5.74) is 1.53. The Morgan fingerprint density at radius 2 is 1.76 bits per heavy atom. The maximum atomic E-state index is 13.3. The molecule has 0 aliphatic carbocycles. The van der Waals surface area contributed by atoms with Crippen molar-refractivity contribution in [1.29, 1.82) is 0 Å². The molecule has 2 aromatic carbocycles. The molecule has 0 saturated carbocycles. The minimum absolute atomic E-state index is 0.00652. The topological polar surface area (TPSA) is 12.0 Å². The predicted molar refractivity (Wildman–Crippen MR) is 80.7 cm³/mol. The quantitative estimate of drug-likeness (QED) is 0.843. The molecule has 0 aliphatic heterocycles. The van der Waals surface area contributed by atoms with E-state index in [0.29, 0.717) is 18.4 Å². The van der Waals surface area contributed by atoms with Crippen LogP contribution in [-0.2, 0) is 12.8 Å². The van der Waals surface area contributed by atoms with Crippen LogP contribution in [0.3, 0.4) is 0 Å². The third-order valence-electron chi connectivity index (χ3n) is 3.35. The third kappa shape index (κ3) is 4.32. The Balaban J connectivity index is 2.12. The second-order valence-corrected chi connectivity index (χ2v) is 5.73. The van der Waals surface area contributed by atoms with E-state index in [9.17, 15) is 13.2 Å². The molecule has 0 bridgehead atoms. The number of rotatable bonds is 5. The van der Waals surface area contributed by atoms with Gasteiger partial charge in [0.1, 0.15) is 5.82 Å². The van der Waals surface area contributed by atoms with E-state index >= 15 is 0 Å². The standard InChI is InChI=1S/C16H15BrF3N/c1-21-13(6-10-2-5-15(19)16(20)7-10)9-11-8-12(18)3-4-14(11)17/h2-5,7-8,13,21H,6,9H2,1H3. The lowest BCUT2D eigenvalue weighted by molar-refractivity contribution is 0.502. The molecule has 2 rings (SSSR count). The van der Waals surface area contributed by atoms with Crippen LogP contribution in [0.4, 0.5) is 13.2 Å². The van der Waals surface area contributed by atoms with Gasteiger partial charge in [-0.25, -0.2) is 13.2 Å². The number of halogens is 4. The molecular formula is C16H15BrF3N. The van der Waals surface area contributed by atoms with E-state index in [0.717, 1.165) is 16.1 Å². The van der Waals surface area contributed by atoms with E-state index < -0.39 is 11.6 Å². The molecule has 1 atom stereocenters. The van der Waals surface area contributed by atoms with Crippen LogP contribution >= 0.6 is 15.9 Å². The zero-order valence-corrected chi connectivity index (χ0v) is 13.1. The first-order chi connectivity index (χ1) is 9.99. The molecule has 0 heterocycles. The van der Waals surface area contributed by atoms with Crippen LogP contribution in [0.15, 0.2) is 40.9 Å². The first-order valence-corrected chi connectivity index (χ1v) is 7.34. The molecule has 1 nitrogen and oxygen atoms in total. The van der Waals surface area contributed by atoms with Gasteiger partial charge in [0.25, 0.3) is 0 Å². The van der Waals surface area contributed by atoms with Gasteiger partial charge in [-0.1, -0.05) is 22.0 Å². The van der Waals surface area contributed by atoms with E-state index in [1.165, 1.54) is 18.2 Å². The van der Waals surface area contributed by atoms with Crippen molar-refractivity contribution in [2.75, 3.05) is 7.05 Å². The first kappa shape index (κ1) is 16.0. The highest BCUT2D eigenvalue weighted by Gasteiger charge is 2.13. The number of hydrogen-bond acceptors (Lipinski definition) is 1. The average molecular weight is 358 g/mol. The maximum Gasteiger partial charge on any atom is 0.159 e. The Morgan fingerprint density at radius 1 is 1.00 bits per heavy atom. The first-order valence-electron chi connectivity index (χ1n) is 6.54. The van der Waals surface area contributed by atoms with Crippen molar-refractivity contribution in [3.63, 3.8) is 0 Å². The van der Waals surface area contributed by atoms with Crippen LogP contribution in [-0.4, -0.2) is 13.1 Å². The van der Waals surface area contributed by atoms with Crippen molar-refractivity contribution in [1.82, 2.24) is 5.32 Å². The number of likely N-dealkylation sites (N-methyl/N-ethyl adjacent to an activating group) is 1. The van der Waals surface area contributed by atoms with E-state index in [4.69, 9.17) is 0 Å².